The van der Waals surface area contributed by atoms with Gasteiger partial charge in [0.1, 0.15) is 6.33 Å². The minimum Gasteiger partial charge on any atom is -0.493 e. The van der Waals surface area contributed by atoms with Gasteiger partial charge in [-0.15, -0.1) is 0 Å². The first kappa shape index (κ1) is 12.0. The van der Waals surface area contributed by atoms with Gasteiger partial charge in [-0.3, -0.25) is 0 Å². The van der Waals surface area contributed by atoms with Crippen LogP contribution in [0.25, 0.3) is 0 Å². The second kappa shape index (κ2) is 4.53. The van der Waals surface area contributed by atoms with Crippen molar-refractivity contribution in [1.29, 1.82) is 0 Å². The molecular weight excluding hydrogens is 238 g/mol. The van der Waals surface area contributed by atoms with Crippen molar-refractivity contribution in [1.82, 2.24) is 9.97 Å². The maximum atomic E-state index is 9.76. The van der Waals surface area contributed by atoms with Crippen molar-refractivity contribution in [3.05, 3.63) is 47.4 Å². The molecule has 0 aliphatic heterocycles. The highest BCUT2D eigenvalue weighted by atomic mass is 16.3. The lowest BCUT2D eigenvalue weighted by Gasteiger charge is -2.15. The molecule has 19 heavy (non-hydrogen) atoms. The number of aromatic nitrogens is 2. The number of hydrogen-bond donors (Lipinski definition) is 1. The Kier molecular flexibility index (Phi) is 2.85. The highest BCUT2D eigenvalue weighted by Crippen LogP contribution is 2.39. The number of aromatic hydroxyl groups is 1. The fraction of sp³-hybridized carbons (Fsp3) is 0.333. The Morgan fingerprint density at radius 1 is 1.16 bits per heavy atom. The highest BCUT2D eigenvalue weighted by Gasteiger charge is 2.28. The lowest BCUT2D eigenvalue weighted by Crippen LogP contribution is -2.08. The molecule has 0 spiro atoms. The third-order valence-corrected chi connectivity index (χ3v) is 3.78. The summed E-state index contributed by atoms with van der Waals surface area (Å²) in [5.41, 5.74) is 4.32. The van der Waals surface area contributed by atoms with Gasteiger partial charge in [-0.1, -0.05) is 12.1 Å². The molecule has 0 bridgehead atoms. The second-order valence-electron chi connectivity index (χ2n) is 5.14. The van der Waals surface area contributed by atoms with E-state index in [2.05, 4.69) is 39.1 Å². The van der Waals surface area contributed by atoms with Gasteiger partial charge in [0.25, 0.3) is 0 Å². The number of hydrogen-bond acceptors (Lipinski definition) is 4. The molecule has 1 N–H and O–H groups in total. The summed E-state index contributed by atoms with van der Waals surface area (Å²) in [4.78, 5) is 10.3. The Hall–Kier alpha value is -2.10. The smallest absolute Gasteiger partial charge is 0.217 e. The molecule has 4 nitrogen and oxygen atoms in total. The van der Waals surface area contributed by atoms with Gasteiger partial charge in [-0.25, -0.2) is 9.97 Å². The molecule has 3 rings (SSSR count). The average molecular weight is 255 g/mol. The summed E-state index contributed by atoms with van der Waals surface area (Å²) in [6.07, 6.45) is 3.28. The van der Waals surface area contributed by atoms with E-state index in [1.807, 2.05) is 14.1 Å². The van der Waals surface area contributed by atoms with E-state index < -0.39 is 0 Å². The third kappa shape index (κ3) is 2.03. The molecule has 1 aromatic carbocycles. The Labute approximate surface area is 112 Å². The maximum absolute atomic E-state index is 9.76. The van der Waals surface area contributed by atoms with Crippen LogP contribution in [0.2, 0.25) is 0 Å². The first-order valence-corrected chi connectivity index (χ1v) is 6.47. The quantitative estimate of drug-likeness (QED) is 0.894. The largest absolute Gasteiger partial charge is 0.493 e. The van der Waals surface area contributed by atoms with Crippen molar-refractivity contribution in [3.63, 3.8) is 0 Å². The van der Waals surface area contributed by atoms with Crippen LogP contribution in [0.4, 0.5) is 5.69 Å². The molecule has 1 aromatic heterocycles. The zero-order valence-corrected chi connectivity index (χ0v) is 11.2. The predicted molar refractivity (Wildman–Crippen MR) is 74.6 cm³/mol. The van der Waals surface area contributed by atoms with Gasteiger partial charge in [0.2, 0.25) is 5.88 Å². The van der Waals surface area contributed by atoms with E-state index in [1.165, 1.54) is 17.6 Å². The van der Waals surface area contributed by atoms with E-state index in [4.69, 9.17) is 0 Å². The molecule has 98 valence electrons. The van der Waals surface area contributed by atoms with Crippen molar-refractivity contribution >= 4 is 5.69 Å². The number of benzene rings is 1. The zero-order valence-electron chi connectivity index (χ0n) is 11.2. The molecule has 0 radical (unpaired) electrons. The van der Waals surface area contributed by atoms with Crippen molar-refractivity contribution < 1.29 is 5.11 Å². The molecule has 1 aliphatic rings. The van der Waals surface area contributed by atoms with Crippen molar-refractivity contribution in [2.75, 3.05) is 19.0 Å². The standard InChI is InChI=1S/C15H17N3O/c1-18(2)11-5-3-10(4-6-11)12-7-8-13-14(12)16-9-17-15(13)19/h3-6,9,12H,7-8H2,1-2H3,(H,16,17,19). The lowest BCUT2D eigenvalue weighted by molar-refractivity contribution is 0.445. The minimum atomic E-state index is 0.136. The Morgan fingerprint density at radius 3 is 2.58 bits per heavy atom. The molecule has 1 atom stereocenters. The topological polar surface area (TPSA) is 49.2 Å². The van der Waals surface area contributed by atoms with Crippen LogP contribution in [0.15, 0.2) is 30.6 Å². The van der Waals surface area contributed by atoms with Crippen molar-refractivity contribution in [3.8, 4) is 5.88 Å². The molecule has 1 heterocycles. The Bertz CT molecular complexity index is 593. The molecular formula is C15H17N3O. The van der Waals surface area contributed by atoms with Crippen LogP contribution in [0.5, 0.6) is 5.88 Å². The molecule has 0 saturated heterocycles. The molecule has 0 saturated carbocycles. The van der Waals surface area contributed by atoms with Gasteiger partial charge in [0.05, 0.1) is 5.69 Å². The minimum absolute atomic E-state index is 0.136. The fourth-order valence-corrected chi connectivity index (χ4v) is 2.71. The number of rotatable bonds is 2. The van der Waals surface area contributed by atoms with Gasteiger partial charge < -0.3 is 10.0 Å². The first-order chi connectivity index (χ1) is 9.16. The van der Waals surface area contributed by atoms with Gasteiger partial charge in [-0.2, -0.15) is 0 Å². The van der Waals surface area contributed by atoms with Crippen LogP contribution in [-0.2, 0) is 6.42 Å². The number of fused-ring (bicyclic) bond motifs is 1. The van der Waals surface area contributed by atoms with Crippen LogP contribution in [0.3, 0.4) is 0 Å². The monoisotopic (exact) mass is 255 g/mol. The summed E-state index contributed by atoms with van der Waals surface area (Å²) in [7, 11) is 4.07. The summed E-state index contributed by atoms with van der Waals surface area (Å²) in [5.74, 6) is 0.414. The summed E-state index contributed by atoms with van der Waals surface area (Å²) in [5, 5.41) is 9.76. The van der Waals surface area contributed by atoms with Crippen LogP contribution >= 0.6 is 0 Å². The summed E-state index contributed by atoms with van der Waals surface area (Å²) >= 11 is 0. The van der Waals surface area contributed by atoms with E-state index in [9.17, 15) is 5.11 Å². The molecule has 4 heteroatoms. The zero-order chi connectivity index (χ0) is 13.4. The Morgan fingerprint density at radius 2 is 1.89 bits per heavy atom. The van der Waals surface area contributed by atoms with E-state index in [1.54, 1.807) is 0 Å². The summed E-state index contributed by atoms with van der Waals surface area (Å²) in [6, 6.07) is 8.53. The fourth-order valence-electron chi connectivity index (χ4n) is 2.71. The van der Waals surface area contributed by atoms with Crippen LogP contribution in [0, 0.1) is 0 Å². The highest BCUT2D eigenvalue weighted by molar-refractivity contribution is 5.49. The SMILES string of the molecule is CN(C)c1ccc(C2CCc3c(O)ncnc32)cc1. The molecule has 1 unspecified atom stereocenters. The Balaban J connectivity index is 1.95. The summed E-state index contributed by atoms with van der Waals surface area (Å²) < 4.78 is 0. The normalized spacial score (nSPS) is 17.3. The molecule has 0 amide bonds. The van der Waals surface area contributed by atoms with Crippen LogP contribution in [-0.4, -0.2) is 29.2 Å². The first-order valence-electron chi connectivity index (χ1n) is 6.47. The second-order valence-corrected chi connectivity index (χ2v) is 5.14. The van der Waals surface area contributed by atoms with E-state index in [0.717, 1.165) is 24.1 Å². The van der Waals surface area contributed by atoms with Gasteiger partial charge in [0.15, 0.2) is 0 Å². The van der Waals surface area contributed by atoms with Crippen molar-refractivity contribution in [2.24, 2.45) is 0 Å². The van der Waals surface area contributed by atoms with Gasteiger partial charge in [0, 0.05) is 31.3 Å². The van der Waals surface area contributed by atoms with Crippen molar-refractivity contribution in [2.45, 2.75) is 18.8 Å². The molecule has 1 aliphatic carbocycles. The van der Waals surface area contributed by atoms with Crippen LogP contribution < -0.4 is 4.90 Å². The average Bonchev–Trinajstić information content (AvgIpc) is 2.84. The molecule has 2 aromatic rings. The van der Waals surface area contributed by atoms with E-state index in [-0.39, 0.29) is 11.8 Å². The van der Waals surface area contributed by atoms with E-state index >= 15 is 0 Å². The van der Waals surface area contributed by atoms with Gasteiger partial charge >= 0.3 is 0 Å². The molecule has 0 fully saturated rings. The number of nitrogens with zero attached hydrogens (tertiary/aromatic N) is 3. The summed E-state index contributed by atoms with van der Waals surface area (Å²) in [6.45, 7) is 0. The third-order valence-electron chi connectivity index (χ3n) is 3.78. The van der Waals surface area contributed by atoms with Crippen LogP contribution in [0.1, 0.15) is 29.2 Å². The lowest BCUT2D eigenvalue weighted by atomic mass is 9.96. The maximum Gasteiger partial charge on any atom is 0.217 e. The van der Waals surface area contributed by atoms with Gasteiger partial charge in [-0.05, 0) is 30.5 Å². The number of anilines is 1. The van der Waals surface area contributed by atoms with E-state index in [0.29, 0.717) is 0 Å². The predicted octanol–water partition coefficient (Wildman–Crippen LogP) is 2.33.